The summed E-state index contributed by atoms with van der Waals surface area (Å²) < 4.78 is 0. The first kappa shape index (κ1) is 17.6. The van der Waals surface area contributed by atoms with Gasteiger partial charge in [0, 0.05) is 19.2 Å². The lowest BCUT2D eigenvalue weighted by atomic mass is 10.1. The minimum atomic E-state index is -0.773. The third-order valence-electron chi connectivity index (χ3n) is 3.21. The number of carbonyl (C=O) groups excluding carboxylic acids is 3. The van der Waals surface area contributed by atoms with Gasteiger partial charge in [-0.15, -0.1) is 0 Å². The van der Waals surface area contributed by atoms with Gasteiger partial charge < -0.3 is 0 Å². The van der Waals surface area contributed by atoms with Crippen molar-refractivity contribution >= 4 is 24.1 Å². The van der Waals surface area contributed by atoms with Crippen LogP contribution in [0.3, 0.4) is 0 Å². The second kappa shape index (κ2) is 9.38. The zero-order valence-electron chi connectivity index (χ0n) is 13.0. The number of urea groups is 1. The van der Waals surface area contributed by atoms with Gasteiger partial charge in [-0.3, -0.25) is 25.6 Å². The zero-order chi connectivity index (χ0) is 17.2. The van der Waals surface area contributed by atoms with Gasteiger partial charge in [0.25, 0.3) is 5.91 Å². The van der Waals surface area contributed by atoms with Crippen molar-refractivity contribution in [2.45, 2.75) is 25.4 Å². The molecule has 1 fully saturated rings. The summed E-state index contributed by atoms with van der Waals surface area (Å²) in [5.41, 5.74) is 8.38. The van der Waals surface area contributed by atoms with Crippen LogP contribution < -0.4 is 26.9 Å². The molecule has 24 heavy (non-hydrogen) atoms. The monoisotopic (exact) mass is 332 g/mol. The predicted octanol–water partition coefficient (Wildman–Crippen LogP) is -0.629. The lowest BCUT2D eigenvalue weighted by Crippen LogP contribution is -2.67. The molecule has 1 aliphatic heterocycles. The van der Waals surface area contributed by atoms with Gasteiger partial charge in [-0.1, -0.05) is 30.3 Å². The summed E-state index contributed by atoms with van der Waals surface area (Å²) in [6, 6.07) is 9.39. The first-order valence-corrected chi connectivity index (χ1v) is 7.59. The van der Waals surface area contributed by atoms with Crippen LogP contribution in [0.2, 0.25) is 0 Å². The number of hydrogen-bond donors (Lipinski definition) is 5. The zero-order valence-corrected chi connectivity index (χ0v) is 13.0. The fourth-order valence-corrected chi connectivity index (χ4v) is 2.01. The van der Waals surface area contributed by atoms with Crippen molar-refractivity contribution in [3.63, 3.8) is 0 Å². The van der Waals surface area contributed by atoms with E-state index in [0.717, 1.165) is 12.8 Å². The first-order chi connectivity index (χ1) is 11.6. The molecule has 0 aromatic heterocycles. The second-order valence-corrected chi connectivity index (χ2v) is 5.10. The van der Waals surface area contributed by atoms with Gasteiger partial charge in [0.2, 0.25) is 5.91 Å². The normalized spacial score (nSPS) is 17.4. The molecule has 0 aliphatic carbocycles. The van der Waals surface area contributed by atoms with Crippen molar-refractivity contribution < 1.29 is 14.4 Å². The SMILES string of the molecule is O=C(CCNC1NNC(=O)NC1=O)N/N=C/CCc1ccccc1. The molecule has 1 saturated heterocycles. The molecule has 0 radical (unpaired) electrons. The highest BCUT2D eigenvalue weighted by atomic mass is 16.2. The third kappa shape index (κ3) is 6.15. The van der Waals surface area contributed by atoms with E-state index in [1.807, 2.05) is 30.3 Å². The summed E-state index contributed by atoms with van der Waals surface area (Å²) in [6.45, 7) is 0.256. The van der Waals surface area contributed by atoms with E-state index in [0.29, 0.717) is 0 Å². The number of rotatable bonds is 8. The van der Waals surface area contributed by atoms with Gasteiger partial charge in [0.05, 0.1) is 0 Å². The molecule has 9 nitrogen and oxygen atoms in total. The van der Waals surface area contributed by atoms with Crippen LogP contribution in [-0.4, -0.2) is 36.8 Å². The summed E-state index contributed by atoms with van der Waals surface area (Å²) >= 11 is 0. The number of nitrogens with zero attached hydrogens (tertiary/aromatic N) is 1. The summed E-state index contributed by atoms with van der Waals surface area (Å²) in [6.07, 6.45) is 2.62. The summed E-state index contributed by atoms with van der Waals surface area (Å²) in [5, 5.41) is 8.76. The van der Waals surface area contributed by atoms with E-state index in [1.54, 1.807) is 6.21 Å². The molecule has 2 rings (SSSR count). The number of aryl methyl sites for hydroxylation is 1. The van der Waals surface area contributed by atoms with Gasteiger partial charge in [-0.2, -0.15) is 5.10 Å². The Morgan fingerprint density at radius 2 is 2.04 bits per heavy atom. The highest BCUT2D eigenvalue weighted by molar-refractivity contribution is 5.98. The Bertz CT molecular complexity index is 604. The molecule has 1 unspecified atom stereocenters. The Hall–Kier alpha value is -2.78. The van der Waals surface area contributed by atoms with E-state index in [-0.39, 0.29) is 18.9 Å². The number of nitrogens with one attached hydrogen (secondary N) is 5. The quantitative estimate of drug-likeness (QED) is 0.320. The van der Waals surface area contributed by atoms with Crippen molar-refractivity contribution in [3.8, 4) is 0 Å². The van der Waals surface area contributed by atoms with Crippen molar-refractivity contribution in [3.05, 3.63) is 35.9 Å². The van der Waals surface area contributed by atoms with E-state index in [4.69, 9.17) is 0 Å². The van der Waals surface area contributed by atoms with Crippen LogP contribution in [0.5, 0.6) is 0 Å². The van der Waals surface area contributed by atoms with Crippen molar-refractivity contribution in [1.82, 2.24) is 26.9 Å². The van der Waals surface area contributed by atoms with Gasteiger partial charge in [-0.25, -0.2) is 15.6 Å². The molecule has 1 heterocycles. The number of benzene rings is 1. The maximum absolute atomic E-state index is 11.6. The third-order valence-corrected chi connectivity index (χ3v) is 3.21. The van der Waals surface area contributed by atoms with Crippen molar-refractivity contribution in [2.75, 3.05) is 6.54 Å². The highest BCUT2D eigenvalue weighted by Gasteiger charge is 2.24. The van der Waals surface area contributed by atoms with Crippen LogP contribution in [0.15, 0.2) is 35.4 Å². The molecule has 1 aromatic rings. The van der Waals surface area contributed by atoms with Crippen LogP contribution in [0.25, 0.3) is 0 Å². The van der Waals surface area contributed by atoms with Crippen LogP contribution in [0.4, 0.5) is 4.79 Å². The Labute approximate surface area is 139 Å². The van der Waals surface area contributed by atoms with Crippen LogP contribution in [0, 0.1) is 0 Å². The second-order valence-electron chi connectivity index (χ2n) is 5.10. The van der Waals surface area contributed by atoms with E-state index in [1.165, 1.54) is 5.56 Å². The van der Waals surface area contributed by atoms with Crippen LogP contribution in [-0.2, 0) is 16.0 Å². The van der Waals surface area contributed by atoms with Gasteiger partial charge in [0.15, 0.2) is 6.17 Å². The summed E-state index contributed by atoms with van der Waals surface area (Å²) in [4.78, 5) is 33.9. The fraction of sp³-hybridized carbons (Fsp3) is 0.333. The summed E-state index contributed by atoms with van der Waals surface area (Å²) in [7, 11) is 0. The van der Waals surface area contributed by atoms with Crippen LogP contribution >= 0.6 is 0 Å². The average molecular weight is 332 g/mol. The summed E-state index contributed by atoms with van der Waals surface area (Å²) in [5.74, 6) is -0.767. The van der Waals surface area contributed by atoms with E-state index < -0.39 is 18.1 Å². The molecule has 5 N–H and O–H groups in total. The van der Waals surface area contributed by atoms with Crippen molar-refractivity contribution in [2.24, 2.45) is 5.10 Å². The fourth-order valence-electron chi connectivity index (χ4n) is 2.01. The standard InChI is InChI=1S/C15H20N6O3/c22-12(8-10-16-13-14(23)18-15(24)21-20-13)19-17-9-4-7-11-5-2-1-3-6-11/h1-3,5-6,9,13,16,20H,4,7-8,10H2,(H,19,22)(H2,18,21,23,24)/b17-9+. The smallest absolute Gasteiger partial charge is 0.292 e. The molecular weight excluding hydrogens is 312 g/mol. The number of amides is 4. The lowest BCUT2D eigenvalue weighted by Gasteiger charge is -2.23. The van der Waals surface area contributed by atoms with Crippen molar-refractivity contribution in [1.29, 1.82) is 0 Å². The molecule has 9 heteroatoms. The first-order valence-electron chi connectivity index (χ1n) is 7.59. The molecule has 1 aromatic carbocycles. The maximum atomic E-state index is 11.6. The number of imide groups is 1. The highest BCUT2D eigenvalue weighted by Crippen LogP contribution is 2.00. The van der Waals surface area contributed by atoms with E-state index in [2.05, 4.69) is 32.0 Å². The molecule has 0 bridgehead atoms. The number of hydrazone groups is 1. The van der Waals surface area contributed by atoms with Gasteiger partial charge in [0.1, 0.15) is 0 Å². The molecule has 4 amide bonds. The number of hydrazine groups is 1. The largest absolute Gasteiger partial charge is 0.335 e. The molecule has 0 spiro atoms. The Balaban J connectivity index is 1.55. The number of hydrogen-bond acceptors (Lipinski definition) is 6. The Kier molecular flexibility index (Phi) is 6.87. The van der Waals surface area contributed by atoms with Gasteiger partial charge >= 0.3 is 6.03 Å². The number of carbonyl (C=O) groups is 3. The Morgan fingerprint density at radius 3 is 2.79 bits per heavy atom. The minimum Gasteiger partial charge on any atom is -0.292 e. The lowest BCUT2D eigenvalue weighted by molar-refractivity contribution is -0.125. The van der Waals surface area contributed by atoms with Crippen LogP contribution in [0.1, 0.15) is 18.4 Å². The predicted molar refractivity (Wildman–Crippen MR) is 87.6 cm³/mol. The molecule has 1 atom stereocenters. The molecule has 0 saturated carbocycles. The maximum Gasteiger partial charge on any atom is 0.335 e. The van der Waals surface area contributed by atoms with E-state index in [9.17, 15) is 14.4 Å². The Morgan fingerprint density at radius 1 is 1.25 bits per heavy atom. The topological polar surface area (TPSA) is 124 Å². The van der Waals surface area contributed by atoms with Gasteiger partial charge in [-0.05, 0) is 18.4 Å². The molecule has 1 aliphatic rings. The molecule has 128 valence electrons. The molecular formula is C15H20N6O3. The van der Waals surface area contributed by atoms with E-state index >= 15 is 0 Å². The minimum absolute atomic E-state index is 0.148. The average Bonchev–Trinajstić information content (AvgIpc) is 2.57.